The maximum atomic E-state index is 12.4. The fourth-order valence-corrected chi connectivity index (χ4v) is 3.50. The van der Waals surface area contributed by atoms with E-state index in [9.17, 15) is 13.2 Å². The second-order valence-corrected chi connectivity index (χ2v) is 7.24. The smallest absolute Gasteiger partial charge is 0.480 e. The Bertz CT molecular complexity index is 819. The molecule has 1 heterocycles. The van der Waals surface area contributed by atoms with Crippen molar-refractivity contribution in [3.05, 3.63) is 30.0 Å². The van der Waals surface area contributed by atoms with Crippen molar-refractivity contribution in [2.24, 2.45) is 5.92 Å². The zero-order valence-electron chi connectivity index (χ0n) is 16.1. The molecule has 8 heteroatoms. The third kappa shape index (κ3) is 5.05. The van der Waals surface area contributed by atoms with Crippen LogP contribution in [0.5, 0.6) is 11.6 Å². The van der Waals surface area contributed by atoms with Gasteiger partial charge in [-0.05, 0) is 61.8 Å². The molecular formula is C20H24F3N3O2. The maximum Gasteiger partial charge on any atom is 0.573 e. The number of ether oxygens (including phenoxy) is 2. The normalized spacial score (nSPS) is 19.9. The molecule has 2 aromatic rings. The van der Waals surface area contributed by atoms with Crippen molar-refractivity contribution in [3.8, 4) is 22.8 Å². The van der Waals surface area contributed by atoms with Gasteiger partial charge in [0.25, 0.3) is 0 Å². The van der Waals surface area contributed by atoms with Crippen LogP contribution in [0, 0.1) is 12.8 Å². The molecule has 5 nitrogen and oxygen atoms in total. The lowest BCUT2D eigenvalue weighted by Crippen LogP contribution is -2.26. The van der Waals surface area contributed by atoms with Gasteiger partial charge in [0.2, 0.25) is 11.8 Å². The zero-order valence-corrected chi connectivity index (χ0v) is 16.1. The Balaban J connectivity index is 1.80. The van der Waals surface area contributed by atoms with E-state index in [1.54, 1.807) is 19.2 Å². The van der Waals surface area contributed by atoms with E-state index in [4.69, 9.17) is 4.74 Å². The molecule has 1 N–H and O–H groups in total. The molecule has 0 atom stereocenters. The van der Waals surface area contributed by atoms with Gasteiger partial charge in [-0.2, -0.15) is 4.98 Å². The first-order valence-corrected chi connectivity index (χ1v) is 9.29. The average molecular weight is 395 g/mol. The van der Waals surface area contributed by atoms with E-state index in [-0.39, 0.29) is 5.75 Å². The molecule has 0 radical (unpaired) electrons. The van der Waals surface area contributed by atoms with Crippen LogP contribution >= 0.6 is 0 Å². The predicted octanol–water partition coefficient (Wildman–Crippen LogP) is 5.35. The fourth-order valence-electron chi connectivity index (χ4n) is 3.50. The van der Waals surface area contributed by atoms with Gasteiger partial charge in [-0.3, -0.25) is 0 Å². The van der Waals surface area contributed by atoms with E-state index in [0.29, 0.717) is 34.6 Å². The lowest BCUT2D eigenvalue weighted by molar-refractivity contribution is -0.274. The van der Waals surface area contributed by atoms with Gasteiger partial charge in [-0.15, -0.1) is 13.2 Å². The maximum absolute atomic E-state index is 12.4. The van der Waals surface area contributed by atoms with Crippen LogP contribution in [0.2, 0.25) is 0 Å². The second kappa shape index (κ2) is 8.24. The second-order valence-electron chi connectivity index (χ2n) is 7.24. The van der Waals surface area contributed by atoms with Gasteiger partial charge in [0.05, 0.1) is 12.7 Å². The Morgan fingerprint density at radius 1 is 1.11 bits per heavy atom. The van der Waals surface area contributed by atoms with Crippen LogP contribution in [0.3, 0.4) is 0 Å². The molecule has 28 heavy (non-hydrogen) atoms. The highest BCUT2D eigenvalue weighted by Gasteiger charge is 2.31. The minimum Gasteiger partial charge on any atom is -0.480 e. The van der Waals surface area contributed by atoms with Gasteiger partial charge in [-0.1, -0.05) is 13.0 Å². The molecular weight excluding hydrogens is 371 g/mol. The molecule has 152 valence electrons. The van der Waals surface area contributed by atoms with Crippen molar-refractivity contribution in [3.63, 3.8) is 0 Å². The van der Waals surface area contributed by atoms with Crippen LogP contribution in [0.25, 0.3) is 11.1 Å². The van der Waals surface area contributed by atoms with Crippen LogP contribution in [0.1, 0.15) is 38.2 Å². The first-order chi connectivity index (χ1) is 13.2. The highest BCUT2D eigenvalue weighted by atomic mass is 19.4. The first kappa shape index (κ1) is 20.2. The van der Waals surface area contributed by atoms with Gasteiger partial charge < -0.3 is 14.8 Å². The summed E-state index contributed by atoms with van der Waals surface area (Å²) >= 11 is 0. The van der Waals surface area contributed by atoms with Crippen molar-refractivity contribution in [1.29, 1.82) is 0 Å². The summed E-state index contributed by atoms with van der Waals surface area (Å²) in [6, 6.07) is 4.49. The van der Waals surface area contributed by atoms with Gasteiger partial charge >= 0.3 is 6.36 Å². The van der Waals surface area contributed by atoms with E-state index in [1.165, 1.54) is 32.1 Å². The highest BCUT2D eigenvalue weighted by molar-refractivity contribution is 5.72. The van der Waals surface area contributed by atoms with Gasteiger partial charge in [-0.25, -0.2) is 4.98 Å². The van der Waals surface area contributed by atoms with Crippen molar-refractivity contribution in [2.75, 3.05) is 12.4 Å². The highest BCUT2D eigenvalue weighted by Crippen LogP contribution is 2.34. The molecule has 0 amide bonds. The predicted molar refractivity (Wildman–Crippen MR) is 100 cm³/mol. The molecule has 1 fully saturated rings. The number of hydrogen-bond donors (Lipinski definition) is 1. The Kier molecular flexibility index (Phi) is 5.96. The number of alkyl halides is 3. The molecule has 0 bridgehead atoms. The monoisotopic (exact) mass is 395 g/mol. The number of methoxy groups -OCH3 is 1. The SMILES string of the molecule is COc1nc(NC2CCC(C)CC2)ncc1-c1ccc(OC(F)(F)F)cc1C. The van der Waals surface area contributed by atoms with E-state index < -0.39 is 6.36 Å². The first-order valence-electron chi connectivity index (χ1n) is 9.29. The minimum absolute atomic E-state index is 0.265. The van der Waals surface area contributed by atoms with E-state index in [1.807, 2.05) is 0 Å². The number of anilines is 1. The number of halogens is 3. The van der Waals surface area contributed by atoms with Crippen molar-refractivity contribution in [2.45, 2.75) is 51.9 Å². The van der Waals surface area contributed by atoms with E-state index >= 15 is 0 Å². The molecule has 0 spiro atoms. The third-order valence-electron chi connectivity index (χ3n) is 5.02. The fraction of sp³-hybridized carbons (Fsp3) is 0.500. The van der Waals surface area contributed by atoms with E-state index in [2.05, 4.69) is 26.9 Å². The van der Waals surface area contributed by atoms with Crippen LogP contribution in [0.4, 0.5) is 19.1 Å². The summed E-state index contributed by atoms with van der Waals surface area (Å²) in [7, 11) is 1.51. The number of benzene rings is 1. The summed E-state index contributed by atoms with van der Waals surface area (Å²) in [5.41, 5.74) is 1.90. The number of nitrogens with zero attached hydrogens (tertiary/aromatic N) is 2. The van der Waals surface area contributed by atoms with Crippen LogP contribution in [0.15, 0.2) is 24.4 Å². The summed E-state index contributed by atoms with van der Waals surface area (Å²) < 4.78 is 46.6. The number of hydrogen-bond acceptors (Lipinski definition) is 5. The molecule has 0 saturated heterocycles. The lowest BCUT2D eigenvalue weighted by Gasteiger charge is -2.27. The number of aromatic nitrogens is 2. The van der Waals surface area contributed by atoms with Crippen LogP contribution in [-0.4, -0.2) is 29.5 Å². The number of nitrogens with one attached hydrogen (secondary N) is 1. The molecule has 1 aliphatic rings. The lowest BCUT2D eigenvalue weighted by atomic mass is 9.87. The topological polar surface area (TPSA) is 56.3 Å². The Morgan fingerprint density at radius 3 is 2.43 bits per heavy atom. The standard InChI is InChI=1S/C20H24F3N3O2/c1-12-4-6-14(7-5-12)25-19-24-11-17(18(26-19)27-3)16-9-8-15(10-13(16)2)28-20(21,22)23/h8-12,14H,4-7H2,1-3H3,(H,24,25,26). The molecule has 1 aromatic heterocycles. The number of rotatable bonds is 5. The average Bonchev–Trinajstić information content (AvgIpc) is 2.63. The third-order valence-corrected chi connectivity index (χ3v) is 5.02. The molecule has 1 saturated carbocycles. The van der Waals surface area contributed by atoms with Crippen molar-refractivity contribution in [1.82, 2.24) is 9.97 Å². The van der Waals surface area contributed by atoms with Crippen LogP contribution in [-0.2, 0) is 0 Å². The minimum atomic E-state index is -4.72. The van der Waals surface area contributed by atoms with Crippen molar-refractivity contribution < 1.29 is 22.6 Å². The summed E-state index contributed by atoms with van der Waals surface area (Å²) in [6.45, 7) is 3.96. The molecule has 1 aliphatic carbocycles. The van der Waals surface area contributed by atoms with Gasteiger partial charge in [0.1, 0.15) is 5.75 Å². The van der Waals surface area contributed by atoms with Crippen LogP contribution < -0.4 is 14.8 Å². The quantitative estimate of drug-likeness (QED) is 0.740. The largest absolute Gasteiger partial charge is 0.573 e. The van der Waals surface area contributed by atoms with Crippen molar-refractivity contribution >= 4 is 5.95 Å². The van der Waals surface area contributed by atoms with Gasteiger partial charge in [0.15, 0.2) is 0 Å². The number of aryl methyl sites for hydroxylation is 1. The summed E-state index contributed by atoms with van der Waals surface area (Å²) in [5.74, 6) is 1.35. The Hall–Kier alpha value is -2.51. The molecule has 3 rings (SSSR count). The summed E-state index contributed by atoms with van der Waals surface area (Å²) in [6.07, 6.45) is 1.42. The Labute approximate surface area is 162 Å². The van der Waals surface area contributed by atoms with Gasteiger partial charge in [0, 0.05) is 12.2 Å². The molecule has 1 aromatic carbocycles. The molecule has 0 unspecified atom stereocenters. The summed E-state index contributed by atoms with van der Waals surface area (Å²) in [5, 5.41) is 3.36. The van der Waals surface area contributed by atoms with E-state index in [0.717, 1.165) is 18.8 Å². The summed E-state index contributed by atoms with van der Waals surface area (Å²) in [4.78, 5) is 8.83. The molecule has 0 aliphatic heterocycles. The Morgan fingerprint density at radius 2 is 1.82 bits per heavy atom. The zero-order chi connectivity index (χ0) is 20.3.